The highest BCUT2D eigenvalue weighted by molar-refractivity contribution is 7.89. The Labute approximate surface area is 102 Å². The minimum absolute atomic E-state index is 0.146. The highest BCUT2D eigenvalue weighted by atomic mass is 32.2. The van der Waals surface area contributed by atoms with Crippen molar-refractivity contribution in [2.24, 2.45) is 0 Å². The summed E-state index contributed by atoms with van der Waals surface area (Å²) in [5, 5.41) is 0. The van der Waals surface area contributed by atoms with Crippen molar-refractivity contribution in [1.82, 2.24) is 4.31 Å². The van der Waals surface area contributed by atoms with E-state index in [2.05, 4.69) is 0 Å². The summed E-state index contributed by atoms with van der Waals surface area (Å²) >= 11 is 0. The molecule has 0 fully saturated rings. The number of hydrogen-bond acceptors (Lipinski definition) is 3. The maximum atomic E-state index is 11.8. The summed E-state index contributed by atoms with van der Waals surface area (Å²) in [4.78, 5) is 11.5. The number of Topliss-reactive ketones (excluding diaryl/α,β-unsaturated/α-hetero) is 1. The van der Waals surface area contributed by atoms with Gasteiger partial charge in [0.1, 0.15) is 5.78 Å². The van der Waals surface area contributed by atoms with Crippen LogP contribution in [0, 0.1) is 0 Å². The number of sulfonamides is 1. The average molecular weight is 255 g/mol. The molecule has 0 saturated heterocycles. The lowest BCUT2D eigenvalue weighted by Crippen LogP contribution is -2.22. The first-order chi connectivity index (χ1) is 7.87. The van der Waals surface area contributed by atoms with Crippen LogP contribution in [0.15, 0.2) is 29.2 Å². The predicted molar refractivity (Wildman–Crippen MR) is 66.3 cm³/mol. The lowest BCUT2D eigenvalue weighted by atomic mass is 10.1. The molecule has 0 N–H and O–H groups in total. The Bertz CT molecular complexity index is 489. The van der Waals surface area contributed by atoms with Crippen molar-refractivity contribution in [3.8, 4) is 0 Å². The van der Waals surface area contributed by atoms with E-state index >= 15 is 0 Å². The molecule has 0 atom stereocenters. The van der Waals surface area contributed by atoms with Crippen molar-refractivity contribution < 1.29 is 13.2 Å². The fourth-order valence-electron chi connectivity index (χ4n) is 1.34. The Morgan fingerprint density at radius 2 is 1.71 bits per heavy atom. The summed E-state index contributed by atoms with van der Waals surface area (Å²) in [6, 6.07) is 6.44. The Morgan fingerprint density at radius 3 is 2.12 bits per heavy atom. The summed E-state index contributed by atoms with van der Waals surface area (Å²) in [7, 11) is -0.399. The van der Waals surface area contributed by atoms with Gasteiger partial charge in [0.15, 0.2) is 0 Å². The SMILES string of the molecule is CCC(=O)Cc1ccc(S(=O)(=O)N(C)C)cc1. The highest BCUT2D eigenvalue weighted by Crippen LogP contribution is 2.14. The van der Waals surface area contributed by atoms with E-state index in [-0.39, 0.29) is 10.7 Å². The molecular formula is C12H17NO3S. The Kier molecular flexibility index (Phi) is 4.42. The molecule has 0 spiro atoms. The van der Waals surface area contributed by atoms with Gasteiger partial charge in [-0.1, -0.05) is 19.1 Å². The zero-order chi connectivity index (χ0) is 13.1. The third kappa shape index (κ3) is 3.38. The zero-order valence-electron chi connectivity index (χ0n) is 10.3. The van der Waals surface area contributed by atoms with Gasteiger partial charge in [-0.25, -0.2) is 12.7 Å². The van der Waals surface area contributed by atoms with E-state index in [0.29, 0.717) is 12.8 Å². The van der Waals surface area contributed by atoms with Crippen LogP contribution >= 0.6 is 0 Å². The van der Waals surface area contributed by atoms with Crippen LogP contribution in [0.5, 0.6) is 0 Å². The lowest BCUT2D eigenvalue weighted by molar-refractivity contribution is -0.118. The number of nitrogens with zero attached hydrogens (tertiary/aromatic N) is 1. The van der Waals surface area contributed by atoms with Crippen LogP contribution in [0.25, 0.3) is 0 Å². The van der Waals surface area contributed by atoms with Crippen LogP contribution in [-0.2, 0) is 21.2 Å². The number of hydrogen-bond donors (Lipinski definition) is 0. The zero-order valence-corrected chi connectivity index (χ0v) is 11.1. The Morgan fingerprint density at radius 1 is 1.18 bits per heavy atom. The lowest BCUT2D eigenvalue weighted by Gasteiger charge is -2.11. The van der Waals surface area contributed by atoms with Crippen molar-refractivity contribution in [2.75, 3.05) is 14.1 Å². The Hall–Kier alpha value is -1.20. The largest absolute Gasteiger partial charge is 0.299 e. The number of rotatable bonds is 5. The molecule has 1 rings (SSSR count). The van der Waals surface area contributed by atoms with Crippen molar-refractivity contribution in [2.45, 2.75) is 24.7 Å². The second-order valence-electron chi connectivity index (χ2n) is 4.00. The molecule has 0 unspecified atom stereocenters. The monoisotopic (exact) mass is 255 g/mol. The molecule has 1 aromatic rings. The molecule has 0 saturated carbocycles. The topological polar surface area (TPSA) is 54.5 Å². The fraction of sp³-hybridized carbons (Fsp3) is 0.417. The quantitative estimate of drug-likeness (QED) is 0.800. The van der Waals surface area contributed by atoms with E-state index in [9.17, 15) is 13.2 Å². The van der Waals surface area contributed by atoms with Gasteiger partial charge < -0.3 is 0 Å². The van der Waals surface area contributed by atoms with Crippen LogP contribution in [-0.4, -0.2) is 32.6 Å². The normalized spacial score (nSPS) is 11.8. The van der Waals surface area contributed by atoms with Crippen LogP contribution < -0.4 is 0 Å². The standard InChI is InChI=1S/C12H17NO3S/c1-4-11(14)9-10-5-7-12(8-6-10)17(15,16)13(2)3/h5-8H,4,9H2,1-3H3. The predicted octanol–water partition coefficient (Wildman–Crippen LogP) is 1.46. The van der Waals surface area contributed by atoms with Gasteiger partial charge >= 0.3 is 0 Å². The second kappa shape index (κ2) is 5.42. The van der Waals surface area contributed by atoms with E-state index in [1.54, 1.807) is 12.1 Å². The molecule has 0 bridgehead atoms. The first-order valence-electron chi connectivity index (χ1n) is 5.41. The van der Waals surface area contributed by atoms with Gasteiger partial charge in [0.2, 0.25) is 10.0 Å². The minimum Gasteiger partial charge on any atom is -0.299 e. The molecule has 0 aliphatic heterocycles. The number of carbonyl (C=O) groups is 1. The van der Waals surface area contributed by atoms with Gasteiger partial charge in [0.05, 0.1) is 4.90 Å². The van der Waals surface area contributed by atoms with E-state index in [4.69, 9.17) is 0 Å². The van der Waals surface area contributed by atoms with Crippen LogP contribution in [0.2, 0.25) is 0 Å². The molecule has 4 nitrogen and oxygen atoms in total. The van der Waals surface area contributed by atoms with E-state index < -0.39 is 10.0 Å². The minimum atomic E-state index is -3.38. The number of benzene rings is 1. The molecule has 0 aliphatic rings. The average Bonchev–Trinajstić information content (AvgIpc) is 2.29. The summed E-state index contributed by atoms with van der Waals surface area (Å²) in [5.41, 5.74) is 0.842. The van der Waals surface area contributed by atoms with Crippen LogP contribution in [0.3, 0.4) is 0 Å². The maximum absolute atomic E-state index is 11.8. The van der Waals surface area contributed by atoms with Gasteiger partial charge in [-0.15, -0.1) is 0 Å². The summed E-state index contributed by atoms with van der Waals surface area (Å²) in [6.07, 6.45) is 0.858. The van der Waals surface area contributed by atoms with Gasteiger partial charge in [-0.05, 0) is 17.7 Å². The number of ketones is 1. The smallest absolute Gasteiger partial charge is 0.242 e. The summed E-state index contributed by atoms with van der Waals surface area (Å²) in [6.45, 7) is 1.81. The fourth-order valence-corrected chi connectivity index (χ4v) is 2.24. The summed E-state index contributed by atoms with van der Waals surface area (Å²) in [5.74, 6) is 0.146. The van der Waals surface area contributed by atoms with Crippen molar-refractivity contribution in [3.63, 3.8) is 0 Å². The van der Waals surface area contributed by atoms with Crippen LogP contribution in [0.4, 0.5) is 0 Å². The highest BCUT2D eigenvalue weighted by Gasteiger charge is 2.16. The maximum Gasteiger partial charge on any atom is 0.242 e. The first kappa shape index (κ1) is 13.9. The molecule has 0 heterocycles. The molecule has 5 heteroatoms. The number of carbonyl (C=O) groups excluding carboxylic acids is 1. The van der Waals surface area contributed by atoms with Gasteiger partial charge in [-0.2, -0.15) is 0 Å². The molecule has 0 aliphatic carbocycles. The molecular weight excluding hydrogens is 238 g/mol. The van der Waals surface area contributed by atoms with Gasteiger partial charge in [0.25, 0.3) is 0 Å². The third-order valence-electron chi connectivity index (χ3n) is 2.50. The second-order valence-corrected chi connectivity index (χ2v) is 6.15. The Balaban J connectivity index is 2.93. The van der Waals surface area contributed by atoms with E-state index in [1.165, 1.54) is 30.5 Å². The van der Waals surface area contributed by atoms with Gasteiger partial charge in [-0.3, -0.25) is 4.79 Å². The molecule has 0 radical (unpaired) electrons. The van der Waals surface area contributed by atoms with Crippen molar-refractivity contribution >= 4 is 15.8 Å². The van der Waals surface area contributed by atoms with Crippen LogP contribution in [0.1, 0.15) is 18.9 Å². The molecule has 0 aromatic heterocycles. The van der Waals surface area contributed by atoms with Crippen molar-refractivity contribution in [3.05, 3.63) is 29.8 Å². The first-order valence-corrected chi connectivity index (χ1v) is 6.85. The van der Waals surface area contributed by atoms with E-state index in [1.807, 2.05) is 6.92 Å². The molecule has 1 aromatic carbocycles. The third-order valence-corrected chi connectivity index (χ3v) is 4.33. The van der Waals surface area contributed by atoms with Crippen molar-refractivity contribution in [1.29, 1.82) is 0 Å². The summed E-state index contributed by atoms with van der Waals surface area (Å²) < 4.78 is 24.7. The molecule has 0 amide bonds. The molecule has 94 valence electrons. The van der Waals surface area contributed by atoms with E-state index in [0.717, 1.165) is 5.56 Å². The molecule has 17 heavy (non-hydrogen) atoms. The van der Waals surface area contributed by atoms with Gasteiger partial charge in [0, 0.05) is 26.9 Å².